The van der Waals surface area contributed by atoms with Crippen LogP contribution in [0.2, 0.25) is 0 Å². The number of hydrogen-bond donors (Lipinski definition) is 0. The average Bonchev–Trinajstić information content (AvgIpc) is 2.77. The van der Waals surface area contributed by atoms with Gasteiger partial charge < -0.3 is 9.47 Å². The Hall–Kier alpha value is -1.78. The van der Waals surface area contributed by atoms with Crippen LogP contribution in [0.5, 0.6) is 0 Å². The first-order chi connectivity index (χ1) is 15.6. The standard InChI is InChI=1S/C15H24O2.C14H22O2/c1-3-4-5-7-10-14(16)15(13-17-2)11-8-6-9-12-15;1-13(2,3)10-12(15)14(11-16-4)8-6-5-7-9-14/h8-9,11-12H,3-7,10,13H2,1-2H3;6-9H,5,10-11H2,1-4H3. The number of carbonyl (C=O) groups is 2. The average molecular weight is 459 g/mol. The first-order valence-electron chi connectivity index (χ1n) is 12.4. The molecule has 0 radical (unpaired) electrons. The summed E-state index contributed by atoms with van der Waals surface area (Å²) in [7, 11) is 3.30. The van der Waals surface area contributed by atoms with E-state index >= 15 is 0 Å². The van der Waals surface area contributed by atoms with E-state index in [2.05, 4.69) is 39.8 Å². The van der Waals surface area contributed by atoms with Crippen LogP contribution in [0, 0.1) is 16.2 Å². The topological polar surface area (TPSA) is 52.6 Å². The fraction of sp³-hybridized carbons (Fsp3) is 0.655. The number of Topliss-reactive ketones (excluding diaryl/α,β-unsaturated/α-hetero) is 2. The quantitative estimate of drug-likeness (QED) is 0.238. The molecular formula is C29H46O4. The maximum absolute atomic E-state index is 12.3. The van der Waals surface area contributed by atoms with Crippen molar-refractivity contribution < 1.29 is 19.1 Å². The summed E-state index contributed by atoms with van der Waals surface area (Å²) in [5.74, 6) is 0.539. The number of ether oxygens (including phenoxy) is 2. The highest BCUT2D eigenvalue weighted by atomic mass is 16.5. The molecule has 0 aromatic rings. The Morgan fingerprint density at radius 2 is 1.21 bits per heavy atom. The van der Waals surface area contributed by atoms with E-state index in [-0.39, 0.29) is 11.2 Å². The molecule has 0 saturated heterocycles. The monoisotopic (exact) mass is 458 g/mol. The first-order valence-corrected chi connectivity index (χ1v) is 12.4. The lowest BCUT2D eigenvalue weighted by Gasteiger charge is -2.30. The summed E-state index contributed by atoms with van der Waals surface area (Å²) < 4.78 is 10.4. The van der Waals surface area contributed by atoms with Gasteiger partial charge in [0.05, 0.1) is 24.0 Å². The molecular weight excluding hydrogens is 412 g/mol. The van der Waals surface area contributed by atoms with Gasteiger partial charge in [-0.25, -0.2) is 0 Å². The van der Waals surface area contributed by atoms with E-state index in [1.54, 1.807) is 14.2 Å². The highest BCUT2D eigenvalue weighted by Crippen LogP contribution is 2.33. The van der Waals surface area contributed by atoms with E-state index in [0.29, 0.717) is 31.8 Å². The molecule has 0 amide bonds. The van der Waals surface area contributed by atoms with Gasteiger partial charge in [0.2, 0.25) is 0 Å². The molecule has 0 saturated carbocycles. The number of rotatable bonds is 12. The van der Waals surface area contributed by atoms with Crippen molar-refractivity contribution in [2.75, 3.05) is 27.4 Å². The van der Waals surface area contributed by atoms with Gasteiger partial charge >= 0.3 is 0 Å². The van der Waals surface area contributed by atoms with Crippen molar-refractivity contribution in [3.63, 3.8) is 0 Å². The molecule has 2 aliphatic carbocycles. The van der Waals surface area contributed by atoms with Crippen molar-refractivity contribution in [3.05, 3.63) is 48.6 Å². The van der Waals surface area contributed by atoms with Crippen molar-refractivity contribution >= 4 is 11.6 Å². The predicted octanol–water partition coefficient (Wildman–Crippen LogP) is 6.82. The SMILES string of the molecule is CCCCCCC(=O)C1(COC)C=CCC=C1.COCC1(C(=O)CC(C)(C)C)C=CCC=C1. The fourth-order valence-electron chi connectivity index (χ4n) is 4.18. The summed E-state index contributed by atoms with van der Waals surface area (Å²) in [5, 5.41) is 0. The van der Waals surface area contributed by atoms with Crippen LogP contribution in [-0.2, 0) is 19.1 Å². The summed E-state index contributed by atoms with van der Waals surface area (Å²) >= 11 is 0. The third-order valence-corrected chi connectivity index (χ3v) is 5.96. The molecule has 0 spiro atoms. The number of ketones is 2. The highest BCUT2D eigenvalue weighted by molar-refractivity contribution is 5.90. The Balaban J connectivity index is 0.000000331. The third-order valence-electron chi connectivity index (χ3n) is 5.96. The summed E-state index contributed by atoms with van der Waals surface area (Å²) in [6.07, 6.45) is 23.9. The van der Waals surface area contributed by atoms with E-state index in [0.717, 1.165) is 25.7 Å². The van der Waals surface area contributed by atoms with Gasteiger partial charge in [-0.3, -0.25) is 9.59 Å². The molecule has 186 valence electrons. The van der Waals surface area contributed by atoms with Gasteiger partial charge in [0, 0.05) is 27.1 Å². The molecule has 2 rings (SSSR count). The molecule has 0 fully saturated rings. The van der Waals surface area contributed by atoms with E-state index in [9.17, 15) is 9.59 Å². The summed E-state index contributed by atoms with van der Waals surface area (Å²) in [5.41, 5.74) is -0.990. The van der Waals surface area contributed by atoms with Gasteiger partial charge in [-0.05, 0) is 24.7 Å². The number of allylic oxidation sites excluding steroid dienone is 4. The summed E-state index contributed by atoms with van der Waals surface area (Å²) in [6.45, 7) is 9.34. The van der Waals surface area contributed by atoms with Crippen molar-refractivity contribution in [1.82, 2.24) is 0 Å². The third kappa shape index (κ3) is 9.93. The Kier molecular flexibility index (Phi) is 12.8. The first kappa shape index (κ1) is 29.3. The van der Waals surface area contributed by atoms with Gasteiger partial charge in [-0.1, -0.05) is 95.6 Å². The summed E-state index contributed by atoms with van der Waals surface area (Å²) in [6, 6.07) is 0. The van der Waals surface area contributed by atoms with Gasteiger partial charge in [0.15, 0.2) is 0 Å². The summed E-state index contributed by atoms with van der Waals surface area (Å²) in [4.78, 5) is 24.6. The van der Waals surface area contributed by atoms with E-state index < -0.39 is 10.8 Å². The van der Waals surface area contributed by atoms with E-state index in [1.807, 2.05) is 36.5 Å². The van der Waals surface area contributed by atoms with Gasteiger partial charge in [0.25, 0.3) is 0 Å². The molecule has 0 aromatic carbocycles. The normalized spacial score (nSPS) is 18.0. The minimum atomic E-state index is -0.527. The van der Waals surface area contributed by atoms with Crippen molar-refractivity contribution in [3.8, 4) is 0 Å². The maximum atomic E-state index is 12.3. The molecule has 0 heterocycles. The van der Waals surface area contributed by atoms with Crippen LogP contribution in [-0.4, -0.2) is 39.0 Å². The Morgan fingerprint density at radius 1 is 0.758 bits per heavy atom. The second-order valence-electron chi connectivity index (χ2n) is 10.4. The van der Waals surface area contributed by atoms with Gasteiger partial charge in [-0.15, -0.1) is 0 Å². The lowest BCUT2D eigenvalue weighted by molar-refractivity contribution is -0.128. The van der Waals surface area contributed by atoms with Crippen LogP contribution in [0.3, 0.4) is 0 Å². The number of unbranched alkanes of at least 4 members (excludes halogenated alkanes) is 3. The Labute approximate surface area is 202 Å². The molecule has 2 aliphatic rings. The lowest BCUT2D eigenvalue weighted by atomic mass is 9.75. The molecule has 4 nitrogen and oxygen atoms in total. The predicted molar refractivity (Wildman–Crippen MR) is 137 cm³/mol. The molecule has 33 heavy (non-hydrogen) atoms. The van der Waals surface area contributed by atoms with Crippen molar-refractivity contribution in [2.24, 2.45) is 16.2 Å². The molecule has 4 heteroatoms. The molecule has 0 unspecified atom stereocenters. The Morgan fingerprint density at radius 3 is 1.61 bits per heavy atom. The zero-order valence-electron chi connectivity index (χ0n) is 21.8. The minimum absolute atomic E-state index is 0.0248. The molecule has 0 bridgehead atoms. The van der Waals surface area contributed by atoms with Gasteiger partial charge in [-0.2, -0.15) is 0 Å². The fourth-order valence-corrected chi connectivity index (χ4v) is 4.18. The van der Waals surface area contributed by atoms with E-state index in [1.165, 1.54) is 12.8 Å². The molecule has 0 atom stereocenters. The highest BCUT2D eigenvalue weighted by Gasteiger charge is 2.36. The van der Waals surface area contributed by atoms with Crippen LogP contribution >= 0.6 is 0 Å². The van der Waals surface area contributed by atoms with E-state index in [4.69, 9.17) is 9.47 Å². The van der Waals surface area contributed by atoms with Crippen molar-refractivity contribution in [2.45, 2.75) is 79.1 Å². The second-order valence-corrected chi connectivity index (χ2v) is 10.4. The molecule has 0 N–H and O–H groups in total. The second kappa shape index (κ2) is 14.5. The van der Waals surface area contributed by atoms with Crippen LogP contribution in [0.25, 0.3) is 0 Å². The lowest BCUT2D eigenvalue weighted by Crippen LogP contribution is -2.35. The minimum Gasteiger partial charge on any atom is -0.383 e. The van der Waals surface area contributed by atoms with Crippen molar-refractivity contribution in [1.29, 1.82) is 0 Å². The van der Waals surface area contributed by atoms with Crippen LogP contribution < -0.4 is 0 Å². The molecule has 0 aliphatic heterocycles. The maximum Gasteiger partial charge on any atom is 0.149 e. The smallest absolute Gasteiger partial charge is 0.149 e. The molecule has 0 aromatic heterocycles. The number of hydrogen-bond acceptors (Lipinski definition) is 4. The zero-order chi connectivity index (χ0) is 24.8. The van der Waals surface area contributed by atoms with Gasteiger partial charge in [0.1, 0.15) is 11.6 Å². The van der Waals surface area contributed by atoms with Crippen LogP contribution in [0.4, 0.5) is 0 Å². The largest absolute Gasteiger partial charge is 0.383 e. The van der Waals surface area contributed by atoms with Crippen LogP contribution in [0.15, 0.2) is 48.6 Å². The van der Waals surface area contributed by atoms with Crippen LogP contribution in [0.1, 0.15) is 79.1 Å². The number of carbonyl (C=O) groups excluding carboxylic acids is 2. The zero-order valence-corrected chi connectivity index (χ0v) is 21.8. The number of methoxy groups -OCH3 is 2. The Bertz CT molecular complexity index is 694.